The quantitative estimate of drug-likeness (QED) is 0.150. The number of urea groups is 2. The van der Waals surface area contributed by atoms with E-state index >= 15 is 0 Å². The van der Waals surface area contributed by atoms with Crippen LogP contribution < -0.4 is 20.9 Å². The number of aromatic nitrogens is 2. The number of pyridine rings is 2. The highest BCUT2D eigenvalue weighted by molar-refractivity contribution is 5.99. The summed E-state index contributed by atoms with van der Waals surface area (Å²) in [6.07, 6.45) is -0.571. The zero-order chi connectivity index (χ0) is 44.1. The van der Waals surface area contributed by atoms with Crippen LogP contribution in [0.25, 0.3) is 0 Å². The van der Waals surface area contributed by atoms with Crippen molar-refractivity contribution in [2.75, 3.05) is 75.5 Å². The minimum atomic E-state index is -3.21. The van der Waals surface area contributed by atoms with E-state index in [0.717, 1.165) is 5.56 Å². The number of halogens is 4. The number of ketones is 2. The van der Waals surface area contributed by atoms with Crippen LogP contribution in [-0.4, -0.2) is 121 Å². The fourth-order valence-corrected chi connectivity index (χ4v) is 6.18. The zero-order valence-corrected chi connectivity index (χ0v) is 33.6. The van der Waals surface area contributed by atoms with Crippen molar-refractivity contribution in [1.82, 2.24) is 25.1 Å². The lowest BCUT2D eigenvalue weighted by Gasteiger charge is -2.33. The minimum absolute atomic E-state index is 0.0627. The van der Waals surface area contributed by atoms with Crippen molar-refractivity contribution < 1.29 is 51.0 Å². The number of Topliss-reactive ketones (excluding diaryl/α,β-unsaturated/α-hetero) is 2. The average Bonchev–Trinajstić information content (AvgIpc) is 3.27. The van der Waals surface area contributed by atoms with Crippen LogP contribution in [0.1, 0.15) is 43.2 Å². The number of nitrogens with one attached hydrogen (secondary N) is 1. The molecule has 5 amide bonds. The maximum absolute atomic E-state index is 14.7. The first-order valence-corrected chi connectivity index (χ1v) is 19.3. The number of benzene rings is 2. The van der Waals surface area contributed by atoms with Crippen molar-refractivity contribution in [3.8, 4) is 0 Å². The molecule has 2 aliphatic rings. The fraction of sp³-hybridized carbons (Fsp3) is 0.357. The van der Waals surface area contributed by atoms with E-state index in [1.165, 1.54) is 52.5 Å². The number of hydrogen-bond donors (Lipinski definition) is 2. The summed E-state index contributed by atoms with van der Waals surface area (Å²) in [4.78, 5) is 75.2. The lowest BCUT2D eigenvalue weighted by Crippen LogP contribution is -2.48. The van der Waals surface area contributed by atoms with E-state index in [4.69, 9.17) is 15.2 Å². The smallest absolute Gasteiger partial charge is 0.325 e. The monoisotopic (exact) mass is 850 g/mol. The number of alkyl halides is 2. The Hall–Kier alpha value is -6.31. The van der Waals surface area contributed by atoms with E-state index in [1.807, 2.05) is 5.32 Å². The first-order valence-electron chi connectivity index (χ1n) is 19.3. The van der Waals surface area contributed by atoms with Gasteiger partial charge in [0.05, 0.1) is 75.4 Å². The number of carbonyl (C=O) groups is 5. The van der Waals surface area contributed by atoms with E-state index in [2.05, 4.69) is 9.97 Å². The van der Waals surface area contributed by atoms with Gasteiger partial charge in [0.25, 0.3) is 5.91 Å². The van der Waals surface area contributed by atoms with Gasteiger partial charge in [-0.15, -0.1) is 0 Å². The molecule has 0 unspecified atom stereocenters. The molecule has 2 aliphatic heterocycles. The van der Waals surface area contributed by atoms with Crippen LogP contribution >= 0.6 is 0 Å². The third kappa shape index (κ3) is 12.6. The summed E-state index contributed by atoms with van der Waals surface area (Å²) in [5, 5.41) is 1.83. The van der Waals surface area contributed by atoms with Crippen molar-refractivity contribution in [2.45, 2.75) is 33.4 Å². The van der Waals surface area contributed by atoms with Crippen LogP contribution in [0.3, 0.4) is 0 Å². The number of rotatable bonds is 12. The van der Waals surface area contributed by atoms with Crippen LogP contribution in [0.5, 0.6) is 0 Å². The molecular formula is C42H46F4N8O7. The normalized spacial score (nSPS) is 13.8. The zero-order valence-electron chi connectivity index (χ0n) is 33.6. The summed E-state index contributed by atoms with van der Waals surface area (Å²) < 4.78 is 64.4. The van der Waals surface area contributed by atoms with Gasteiger partial charge in [-0.25, -0.2) is 18.4 Å². The number of amides is 5. The Labute approximate surface area is 349 Å². The Morgan fingerprint density at radius 3 is 1.48 bits per heavy atom. The highest BCUT2D eigenvalue weighted by Gasteiger charge is 2.28. The van der Waals surface area contributed by atoms with E-state index in [-0.39, 0.29) is 48.4 Å². The second-order valence-corrected chi connectivity index (χ2v) is 14.0. The van der Waals surface area contributed by atoms with Crippen molar-refractivity contribution in [2.24, 2.45) is 5.73 Å². The summed E-state index contributed by atoms with van der Waals surface area (Å²) in [5.74, 6) is -3.39. The van der Waals surface area contributed by atoms with Gasteiger partial charge in [0.15, 0.2) is 11.6 Å². The van der Waals surface area contributed by atoms with Crippen molar-refractivity contribution in [1.29, 1.82) is 0 Å². The maximum atomic E-state index is 14.7. The highest BCUT2D eigenvalue weighted by atomic mass is 19.3. The standard InChI is InChI=1S/C22H23F3N4O4.C20H23FN4O3/c1-14-2-5-18(17(23)10-14)29(22(32)28-6-8-33-9-7-28)13-16-4-3-15(11-26-16)19(30)12-27-21(31)20(24)25;1-14-2-5-18(17(21)10-14)25(20(27)24-6-8-28-9-7-24)13-16-4-3-15(12-23-16)19(26)11-22/h2-5,10-11,20H,6-9,12-13H2,1H3,(H,27,31);2-5,10,12H,6-9,11,13,22H2,1H3. The molecule has 2 saturated heterocycles. The maximum Gasteiger partial charge on any atom is 0.325 e. The minimum Gasteiger partial charge on any atom is -0.378 e. The van der Waals surface area contributed by atoms with Gasteiger partial charge in [0.2, 0.25) is 0 Å². The number of carbonyl (C=O) groups excluding carboxylic acids is 5. The number of morpholine rings is 2. The second-order valence-electron chi connectivity index (χ2n) is 14.0. The number of ether oxygens (including phenoxy) is 2. The molecule has 4 aromatic rings. The summed E-state index contributed by atoms with van der Waals surface area (Å²) in [5.41, 5.74) is 8.53. The van der Waals surface area contributed by atoms with Gasteiger partial charge in [0, 0.05) is 49.7 Å². The lowest BCUT2D eigenvalue weighted by molar-refractivity contribution is -0.131. The summed E-state index contributed by atoms with van der Waals surface area (Å²) in [7, 11) is 0. The topological polar surface area (TPSA) is 181 Å². The van der Waals surface area contributed by atoms with E-state index < -0.39 is 42.3 Å². The molecule has 0 saturated carbocycles. The molecule has 324 valence electrons. The molecule has 0 spiro atoms. The fourth-order valence-electron chi connectivity index (χ4n) is 6.18. The van der Waals surface area contributed by atoms with Gasteiger partial charge in [-0.05, 0) is 73.5 Å². The molecule has 0 bridgehead atoms. The molecule has 4 heterocycles. The van der Waals surface area contributed by atoms with Gasteiger partial charge in [-0.3, -0.25) is 34.2 Å². The third-order valence-electron chi connectivity index (χ3n) is 9.55. The Morgan fingerprint density at radius 2 is 1.11 bits per heavy atom. The van der Waals surface area contributed by atoms with Gasteiger partial charge >= 0.3 is 18.5 Å². The molecule has 2 aromatic carbocycles. The molecule has 0 atom stereocenters. The Bertz CT molecular complexity index is 2170. The third-order valence-corrected chi connectivity index (χ3v) is 9.55. The average molecular weight is 851 g/mol. The highest BCUT2D eigenvalue weighted by Crippen LogP contribution is 2.26. The van der Waals surface area contributed by atoms with Crippen LogP contribution in [-0.2, 0) is 27.4 Å². The number of anilines is 2. The van der Waals surface area contributed by atoms with Crippen LogP contribution in [0.4, 0.5) is 38.5 Å². The molecule has 2 aromatic heterocycles. The summed E-state index contributed by atoms with van der Waals surface area (Å²) in [6.45, 7) is 6.13. The molecule has 61 heavy (non-hydrogen) atoms. The Kier molecular flexibility index (Phi) is 16.4. The van der Waals surface area contributed by atoms with Gasteiger partial charge in [0.1, 0.15) is 11.6 Å². The van der Waals surface area contributed by atoms with E-state index in [0.29, 0.717) is 75.1 Å². The Balaban J connectivity index is 0.000000234. The van der Waals surface area contributed by atoms with E-state index in [9.17, 15) is 41.5 Å². The van der Waals surface area contributed by atoms with E-state index in [1.54, 1.807) is 54.0 Å². The Morgan fingerprint density at radius 1 is 0.689 bits per heavy atom. The number of nitrogens with zero attached hydrogens (tertiary/aromatic N) is 6. The second kappa shape index (κ2) is 21.8. The van der Waals surface area contributed by atoms with Crippen molar-refractivity contribution in [3.63, 3.8) is 0 Å². The number of nitrogens with two attached hydrogens (primary N) is 1. The van der Waals surface area contributed by atoms with Crippen LogP contribution in [0, 0.1) is 25.5 Å². The lowest BCUT2D eigenvalue weighted by atomic mass is 10.1. The first-order chi connectivity index (χ1) is 29.2. The van der Waals surface area contributed by atoms with Crippen LogP contribution in [0.15, 0.2) is 73.1 Å². The van der Waals surface area contributed by atoms with Crippen molar-refractivity contribution >= 4 is 40.9 Å². The summed E-state index contributed by atoms with van der Waals surface area (Å²) in [6, 6.07) is 14.7. The molecule has 0 aliphatic carbocycles. The molecule has 2 fully saturated rings. The molecule has 19 heteroatoms. The molecule has 6 rings (SSSR count). The number of aryl methyl sites for hydroxylation is 2. The molecule has 3 N–H and O–H groups in total. The molecular weight excluding hydrogens is 805 g/mol. The molecule has 0 radical (unpaired) electrons. The van der Waals surface area contributed by atoms with Gasteiger partial charge < -0.3 is 30.3 Å². The first kappa shape index (κ1) is 45.8. The number of hydrogen-bond acceptors (Lipinski definition) is 10. The van der Waals surface area contributed by atoms with Crippen LogP contribution in [0.2, 0.25) is 0 Å². The largest absolute Gasteiger partial charge is 0.378 e. The van der Waals surface area contributed by atoms with Gasteiger partial charge in [-0.1, -0.05) is 12.1 Å². The SMILES string of the molecule is Cc1ccc(N(Cc2ccc(C(=O)CN)cn2)C(=O)N2CCOCC2)c(F)c1.Cc1ccc(N(Cc2ccc(C(=O)CNC(=O)C(F)F)cn2)C(=O)N2CCOCC2)c(F)c1. The predicted octanol–water partition coefficient (Wildman–Crippen LogP) is 4.68. The predicted molar refractivity (Wildman–Crippen MR) is 215 cm³/mol. The van der Waals surface area contributed by atoms with Crippen molar-refractivity contribution in [3.05, 3.63) is 118 Å². The van der Waals surface area contributed by atoms with Gasteiger partial charge in [-0.2, -0.15) is 8.78 Å². The molecule has 15 nitrogen and oxygen atoms in total. The summed E-state index contributed by atoms with van der Waals surface area (Å²) >= 11 is 0.